The van der Waals surface area contributed by atoms with E-state index in [1.54, 1.807) is 6.20 Å². The minimum atomic E-state index is -0.250. The summed E-state index contributed by atoms with van der Waals surface area (Å²) < 4.78 is 0. The van der Waals surface area contributed by atoms with Gasteiger partial charge in [0, 0.05) is 18.2 Å². The van der Waals surface area contributed by atoms with Crippen LogP contribution in [0.4, 0.5) is 5.13 Å². The average Bonchev–Trinajstić information content (AvgIpc) is 3.50. The van der Waals surface area contributed by atoms with E-state index in [1.165, 1.54) is 11.3 Å². The zero-order chi connectivity index (χ0) is 27.4. The summed E-state index contributed by atoms with van der Waals surface area (Å²) in [5.41, 5.74) is 4.35. The number of aromatic nitrogens is 3. The normalized spacial score (nSPS) is 17.7. The van der Waals surface area contributed by atoms with Gasteiger partial charge in [-0.25, -0.2) is 4.98 Å². The van der Waals surface area contributed by atoms with Gasteiger partial charge >= 0.3 is 0 Å². The molecule has 202 valence electrons. The lowest BCUT2D eigenvalue weighted by Crippen LogP contribution is -2.15. The second-order valence-corrected chi connectivity index (χ2v) is 10.7. The molecule has 0 saturated heterocycles. The van der Waals surface area contributed by atoms with E-state index in [9.17, 15) is 9.90 Å². The molecule has 3 rings (SSSR count). The number of aryl methyl sites for hydroxylation is 2. The van der Waals surface area contributed by atoms with E-state index >= 15 is 0 Å². The predicted molar refractivity (Wildman–Crippen MR) is 156 cm³/mol. The highest BCUT2D eigenvalue weighted by Crippen LogP contribution is 2.31. The van der Waals surface area contributed by atoms with Gasteiger partial charge in [-0.3, -0.25) is 10.1 Å². The van der Waals surface area contributed by atoms with Crippen molar-refractivity contribution in [1.29, 1.82) is 0 Å². The van der Waals surface area contributed by atoms with Crippen LogP contribution in [0.5, 0.6) is 0 Å². The SMILES string of the molecule is C/C=C\C(C(=O)Nc1nnc(CCC2CCCC2O)s1)=C(/C=C(C)C)c1cc(Cl)ncc1CCC.CC. The van der Waals surface area contributed by atoms with Crippen molar-refractivity contribution < 1.29 is 9.90 Å². The molecule has 0 aliphatic heterocycles. The number of aliphatic hydroxyl groups excluding tert-OH is 1. The molecule has 1 aliphatic rings. The Bertz CT molecular complexity index is 1120. The van der Waals surface area contributed by atoms with Crippen molar-refractivity contribution in [2.75, 3.05) is 5.32 Å². The Hall–Kier alpha value is -2.35. The number of rotatable bonds is 10. The minimum Gasteiger partial charge on any atom is -0.393 e. The van der Waals surface area contributed by atoms with Gasteiger partial charge in [0.1, 0.15) is 10.2 Å². The summed E-state index contributed by atoms with van der Waals surface area (Å²) in [5.74, 6) is 0.0807. The number of nitrogens with one attached hydrogen (secondary N) is 1. The molecule has 0 aromatic carbocycles. The van der Waals surface area contributed by atoms with E-state index in [4.69, 9.17) is 11.6 Å². The Labute approximate surface area is 231 Å². The number of nitrogens with zero attached hydrogens (tertiary/aromatic N) is 3. The monoisotopic (exact) mass is 544 g/mol. The number of pyridine rings is 1. The lowest BCUT2D eigenvalue weighted by molar-refractivity contribution is -0.112. The lowest BCUT2D eigenvalue weighted by Gasteiger charge is -2.15. The van der Waals surface area contributed by atoms with Crippen LogP contribution in [0.1, 0.15) is 89.8 Å². The molecule has 2 N–H and O–H groups in total. The molecule has 2 unspecified atom stereocenters. The molecule has 6 nitrogen and oxygen atoms in total. The predicted octanol–water partition coefficient (Wildman–Crippen LogP) is 7.59. The number of hydrogen-bond donors (Lipinski definition) is 2. The van der Waals surface area contributed by atoms with Crippen LogP contribution in [0.15, 0.2) is 41.6 Å². The average molecular weight is 545 g/mol. The van der Waals surface area contributed by atoms with Crippen LogP contribution in [-0.2, 0) is 17.6 Å². The first kappa shape index (κ1) is 30.9. The van der Waals surface area contributed by atoms with Crippen molar-refractivity contribution in [3.8, 4) is 0 Å². The molecule has 2 aromatic rings. The van der Waals surface area contributed by atoms with Gasteiger partial charge in [-0.2, -0.15) is 0 Å². The van der Waals surface area contributed by atoms with E-state index < -0.39 is 0 Å². The van der Waals surface area contributed by atoms with Crippen molar-refractivity contribution >= 4 is 39.5 Å². The Kier molecular flexibility index (Phi) is 13.2. The number of halogens is 1. The van der Waals surface area contributed by atoms with Crippen LogP contribution >= 0.6 is 22.9 Å². The van der Waals surface area contributed by atoms with Crippen molar-refractivity contribution in [2.24, 2.45) is 5.92 Å². The first-order valence-electron chi connectivity index (χ1n) is 13.3. The fourth-order valence-electron chi connectivity index (χ4n) is 4.45. The molecular weight excluding hydrogens is 504 g/mol. The second kappa shape index (κ2) is 15.8. The van der Waals surface area contributed by atoms with Gasteiger partial charge in [0.05, 0.1) is 6.10 Å². The smallest absolute Gasteiger partial charge is 0.258 e. The summed E-state index contributed by atoms with van der Waals surface area (Å²) >= 11 is 7.66. The van der Waals surface area contributed by atoms with Crippen LogP contribution < -0.4 is 5.32 Å². The maximum absolute atomic E-state index is 13.5. The van der Waals surface area contributed by atoms with Crippen LogP contribution in [0, 0.1) is 5.92 Å². The third kappa shape index (κ3) is 9.16. The van der Waals surface area contributed by atoms with Crippen molar-refractivity contribution in [3.63, 3.8) is 0 Å². The summed E-state index contributed by atoms with van der Waals surface area (Å²) in [7, 11) is 0. The van der Waals surface area contributed by atoms with E-state index in [-0.39, 0.29) is 12.0 Å². The molecule has 2 heterocycles. The van der Waals surface area contributed by atoms with Crippen LogP contribution in [0.3, 0.4) is 0 Å². The molecule has 8 heteroatoms. The molecule has 1 aliphatic carbocycles. The highest BCUT2D eigenvalue weighted by atomic mass is 35.5. The first-order chi connectivity index (χ1) is 17.8. The van der Waals surface area contributed by atoms with E-state index in [2.05, 4.69) is 27.4 Å². The van der Waals surface area contributed by atoms with Crippen LogP contribution in [0.25, 0.3) is 5.57 Å². The summed E-state index contributed by atoms with van der Waals surface area (Å²) in [6.07, 6.45) is 13.7. The fraction of sp³-hybridized carbons (Fsp3) is 0.517. The molecule has 1 amide bonds. The third-order valence-electron chi connectivity index (χ3n) is 6.10. The van der Waals surface area contributed by atoms with E-state index in [0.717, 1.165) is 72.2 Å². The molecule has 2 aromatic heterocycles. The van der Waals surface area contributed by atoms with Crippen LogP contribution in [-0.4, -0.2) is 32.3 Å². The standard InChI is InChI=1S/C27H35ClN4O2S.C2H6/c1-5-8-19-16-29-24(28)15-21(19)22(14-17(3)4)20(9-6-2)26(34)30-27-32-31-25(35-27)13-12-18-10-7-11-23(18)33;1-2/h6,9,14-16,18,23,33H,5,7-8,10-13H2,1-4H3,(H,30,32,34);1-2H3/b9-6-,22-20-;. The Morgan fingerprint density at radius 2 is 2.00 bits per heavy atom. The number of amides is 1. The zero-order valence-electron chi connectivity index (χ0n) is 23.0. The van der Waals surface area contributed by atoms with E-state index in [1.807, 2.05) is 58.9 Å². The van der Waals surface area contributed by atoms with Gasteiger partial charge in [-0.1, -0.05) is 80.4 Å². The molecule has 1 saturated carbocycles. The summed E-state index contributed by atoms with van der Waals surface area (Å²) in [4.78, 5) is 17.7. The second-order valence-electron chi connectivity index (χ2n) is 9.22. The number of carbonyl (C=O) groups excluding carboxylic acids is 1. The molecule has 0 radical (unpaired) electrons. The largest absolute Gasteiger partial charge is 0.393 e. The summed E-state index contributed by atoms with van der Waals surface area (Å²) in [6, 6.07) is 1.83. The molecule has 0 bridgehead atoms. The number of anilines is 1. The first-order valence-corrected chi connectivity index (χ1v) is 14.5. The van der Waals surface area contributed by atoms with Crippen molar-refractivity contribution in [1.82, 2.24) is 15.2 Å². The third-order valence-corrected chi connectivity index (χ3v) is 7.20. The Morgan fingerprint density at radius 1 is 1.24 bits per heavy atom. The maximum Gasteiger partial charge on any atom is 0.258 e. The number of allylic oxidation sites excluding steroid dienone is 4. The Morgan fingerprint density at radius 3 is 2.62 bits per heavy atom. The van der Waals surface area contributed by atoms with Crippen LogP contribution in [0.2, 0.25) is 5.15 Å². The molecular formula is C29H41ClN4O2S. The van der Waals surface area contributed by atoms with Crippen molar-refractivity contribution in [2.45, 2.75) is 92.6 Å². The van der Waals surface area contributed by atoms with Gasteiger partial charge in [0.15, 0.2) is 0 Å². The summed E-state index contributed by atoms with van der Waals surface area (Å²) in [5, 5.41) is 23.2. The van der Waals surface area contributed by atoms with Gasteiger partial charge in [0.2, 0.25) is 5.13 Å². The highest BCUT2D eigenvalue weighted by Gasteiger charge is 2.25. The number of aliphatic hydroxyl groups is 1. The van der Waals surface area contributed by atoms with Crippen molar-refractivity contribution in [3.05, 3.63) is 62.9 Å². The highest BCUT2D eigenvalue weighted by molar-refractivity contribution is 7.15. The molecule has 0 spiro atoms. The number of carbonyl (C=O) groups is 1. The Balaban J connectivity index is 0.00000235. The summed E-state index contributed by atoms with van der Waals surface area (Å²) in [6.45, 7) is 12.0. The molecule has 1 fully saturated rings. The van der Waals surface area contributed by atoms with E-state index in [0.29, 0.717) is 21.8 Å². The maximum atomic E-state index is 13.5. The van der Waals surface area contributed by atoms with Gasteiger partial charge in [0.25, 0.3) is 5.91 Å². The quantitative estimate of drug-likeness (QED) is 0.183. The molecule has 37 heavy (non-hydrogen) atoms. The zero-order valence-corrected chi connectivity index (χ0v) is 24.5. The van der Waals surface area contributed by atoms with Gasteiger partial charge in [-0.05, 0) is 75.1 Å². The van der Waals surface area contributed by atoms with Gasteiger partial charge in [-0.15, -0.1) is 10.2 Å². The minimum absolute atomic E-state index is 0.205. The number of hydrogen-bond acceptors (Lipinski definition) is 6. The van der Waals surface area contributed by atoms with Gasteiger partial charge < -0.3 is 5.11 Å². The fourth-order valence-corrected chi connectivity index (χ4v) is 5.36. The molecule has 2 atom stereocenters. The lowest BCUT2D eigenvalue weighted by atomic mass is 9.92. The topological polar surface area (TPSA) is 88.0 Å².